The van der Waals surface area contributed by atoms with Gasteiger partial charge < -0.3 is 5.32 Å². The van der Waals surface area contributed by atoms with Gasteiger partial charge in [0.05, 0.1) is 5.69 Å². The van der Waals surface area contributed by atoms with Crippen LogP contribution in [0.4, 0.5) is 10.3 Å². The summed E-state index contributed by atoms with van der Waals surface area (Å²) in [6.07, 6.45) is 1.94. The number of nitrogens with zero attached hydrogens (tertiary/aromatic N) is 2. The summed E-state index contributed by atoms with van der Waals surface area (Å²) in [6, 6.07) is 5.05. The minimum Gasteiger partial charge on any atom is -0.356 e. The van der Waals surface area contributed by atoms with Gasteiger partial charge in [0.25, 0.3) is 0 Å². The van der Waals surface area contributed by atoms with Gasteiger partial charge in [-0.2, -0.15) is 0 Å². The van der Waals surface area contributed by atoms with Gasteiger partial charge >= 0.3 is 0 Å². The van der Waals surface area contributed by atoms with Crippen molar-refractivity contribution < 1.29 is 4.39 Å². The molecule has 0 radical (unpaired) electrons. The molecule has 0 amide bonds. The van der Waals surface area contributed by atoms with Crippen molar-refractivity contribution in [1.29, 1.82) is 0 Å². The maximum atomic E-state index is 13.2. The maximum absolute atomic E-state index is 13.2. The molecule has 0 aliphatic carbocycles. The number of imidazole rings is 1. The number of aromatic nitrogens is 2. The zero-order chi connectivity index (χ0) is 12.4. The quantitative estimate of drug-likeness (QED) is 0.883. The zero-order valence-corrected chi connectivity index (χ0v) is 10.3. The molecule has 2 rings (SSSR count). The summed E-state index contributed by atoms with van der Waals surface area (Å²) in [4.78, 5) is 4.39. The normalized spacial score (nSPS) is 10.6. The first-order valence-electron chi connectivity index (χ1n) is 5.68. The van der Waals surface area contributed by atoms with Gasteiger partial charge in [-0.1, -0.05) is 0 Å². The van der Waals surface area contributed by atoms with Crippen LogP contribution in [0.25, 0.3) is 5.69 Å². The molecule has 0 bridgehead atoms. The van der Waals surface area contributed by atoms with Crippen molar-refractivity contribution in [3.63, 3.8) is 0 Å². The van der Waals surface area contributed by atoms with E-state index in [0.29, 0.717) is 5.56 Å². The Hall–Kier alpha value is -1.84. The minimum absolute atomic E-state index is 0.185. The molecule has 0 aliphatic rings. The average Bonchev–Trinajstić information content (AvgIpc) is 2.64. The van der Waals surface area contributed by atoms with Crippen molar-refractivity contribution in [2.45, 2.75) is 20.8 Å². The molecule has 1 N–H and O–H groups in total. The zero-order valence-electron chi connectivity index (χ0n) is 10.3. The summed E-state index contributed by atoms with van der Waals surface area (Å²) in [5.74, 6) is 0.603. The van der Waals surface area contributed by atoms with Gasteiger partial charge in [0.2, 0.25) is 5.95 Å². The molecule has 0 fully saturated rings. The second-order valence-corrected chi connectivity index (χ2v) is 4.04. The first-order chi connectivity index (χ1) is 8.11. The number of hydrogen-bond acceptors (Lipinski definition) is 2. The maximum Gasteiger partial charge on any atom is 0.207 e. The molecule has 1 aromatic carbocycles. The Morgan fingerprint density at radius 1 is 1.35 bits per heavy atom. The number of hydrogen-bond donors (Lipinski definition) is 1. The lowest BCUT2D eigenvalue weighted by atomic mass is 10.2. The first kappa shape index (κ1) is 11.6. The van der Waals surface area contributed by atoms with E-state index in [0.717, 1.165) is 23.9 Å². The molecule has 3 nitrogen and oxygen atoms in total. The van der Waals surface area contributed by atoms with Gasteiger partial charge in [-0.05, 0) is 44.5 Å². The third-order valence-corrected chi connectivity index (χ3v) is 2.58. The van der Waals surface area contributed by atoms with Crippen LogP contribution in [0.2, 0.25) is 0 Å². The molecule has 0 aliphatic heterocycles. The Labute approximate surface area is 100 Å². The van der Waals surface area contributed by atoms with Crippen LogP contribution in [0.15, 0.2) is 24.4 Å². The Bertz CT molecular complexity index is 531. The minimum atomic E-state index is -0.185. The highest BCUT2D eigenvalue weighted by molar-refractivity contribution is 5.44. The van der Waals surface area contributed by atoms with Crippen molar-refractivity contribution >= 4 is 5.95 Å². The van der Waals surface area contributed by atoms with Crippen molar-refractivity contribution in [1.82, 2.24) is 9.55 Å². The number of aryl methyl sites for hydroxylation is 2. The SMILES string of the molecule is CCNc1nc(C)cn1-c1ccc(F)c(C)c1. The summed E-state index contributed by atoms with van der Waals surface area (Å²) < 4.78 is 15.2. The summed E-state index contributed by atoms with van der Waals surface area (Å²) >= 11 is 0. The van der Waals surface area contributed by atoms with Gasteiger partial charge in [0.1, 0.15) is 5.82 Å². The van der Waals surface area contributed by atoms with Crippen molar-refractivity contribution in [3.8, 4) is 5.69 Å². The number of nitrogens with one attached hydrogen (secondary N) is 1. The molecule has 1 heterocycles. The van der Waals surface area contributed by atoms with E-state index in [1.807, 2.05) is 30.7 Å². The van der Waals surface area contributed by atoms with Crippen LogP contribution in [0, 0.1) is 19.7 Å². The highest BCUT2D eigenvalue weighted by atomic mass is 19.1. The predicted octanol–water partition coefficient (Wildman–Crippen LogP) is 3.06. The molecule has 2 aromatic rings. The fourth-order valence-electron chi connectivity index (χ4n) is 1.76. The lowest BCUT2D eigenvalue weighted by molar-refractivity contribution is 0.618. The lowest BCUT2D eigenvalue weighted by Gasteiger charge is -2.09. The Balaban J connectivity index is 2.47. The fraction of sp³-hybridized carbons (Fsp3) is 0.308. The molecule has 0 saturated heterocycles. The molecule has 0 unspecified atom stereocenters. The van der Waals surface area contributed by atoms with Crippen LogP contribution >= 0.6 is 0 Å². The second-order valence-electron chi connectivity index (χ2n) is 4.04. The largest absolute Gasteiger partial charge is 0.356 e. The highest BCUT2D eigenvalue weighted by Gasteiger charge is 2.07. The average molecular weight is 233 g/mol. The predicted molar refractivity (Wildman–Crippen MR) is 67.2 cm³/mol. The first-order valence-corrected chi connectivity index (χ1v) is 5.68. The van der Waals surface area contributed by atoms with Crippen LogP contribution < -0.4 is 5.32 Å². The molecule has 0 atom stereocenters. The third kappa shape index (κ3) is 2.30. The Morgan fingerprint density at radius 3 is 2.76 bits per heavy atom. The Kier molecular flexibility index (Phi) is 3.13. The van der Waals surface area contributed by atoms with E-state index in [9.17, 15) is 4.39 Å². The lowest BCUT2D eigenvalue weighted by Crippen LogP contribution is -2.05. The van der Waals surface area contributed by atoms with Gasteiger partial charge in [0.15, 0.2) is 0 Å². The van der Waals surface area contributed by atoms with Crippen molar-refractivity contribution in [3.05, 3.63) is 41.5 Å². The van der Waals surface area contributed by atoms with Crippen LogP contribution in [0.1, 0.15) is 18.2 Å². The van der Waals surface area contributed by atoms with Crippen molar-refractivity contribution in [2.24, 2.45) is 0 Å². The second kappa shape index (κ2) is 4.57. The standard InChI is InChI=1S/C13H16FN3/c1-4-15-13-16-10(3)8-17(13)11-5-6-12(14)9(2)7-11/h5-8H,4H2,1-3H3,(H,15,16). The highest BCUT2D eigenvalue weighted by Crippen LogP contribution is 2.19. The number of anilines is 1. The van der Waals surface area contributed by atoms with Crippen LogP contribution in [-0.4, -0.2) is 16.1 Å². The summed E-state index contributed by atoms with van der Waals surface area (Å²) in [7, 11) is 0. The van der Waals surface area contributed by atoms with Gasteiger partial charge in [-0.3, -0.25) is 4.57 Å². The van der Waals surface area contributed by atoms with E-state index in [-0.39, 0.29) is 5.82 Å². The van der Waals surface area contributed by atoms with E-state index in [1.165, 1.54) is 6.07 Å². The molecule has 1 aromatic heterocycles. The van der Waals surface area contributed by atoms with Crippen molar-refractivity contribution in [2.75, 3.05) is 11.9 Å². The fourth-order valence-corrected chi connectivity index (χ4v) is 1.76. The van der Waals surface area contributed by atoms with E-state index in [2.05, 4.69) is 10.3 Å². The summed E-state index contributed by atoms with van der Waals surface area (Å²) in [5.41, 5.74) is 2.49. The number of rotatable bonds is 3. The van der Waals surface area contributed by atoms with Gasteiger partial charge in [0, 0.05) is 18.4 Å². The molecule has 4 heteroatoms. The van der Waals surface area contributed by atoms with Crippen LogP contribution in [0.5, 0.6) is 0 Å². The molecule has 90 valence electrons. The van der Waals surface area contributed by atoms with E-state index in [4.69, 9.17) is 0 Å². The molecular weight excluding hydrogens is 217 g/mol. The molecular formula is C13H16FN3. The Morgan fingerprint density at radius 2 is 2.12 bits per heavy atom. The molecule has 0 saturated carbocycles. The van der Waals surface area contributed by atoms with Crippen LogP contribution in [-0.2, 0) is 0 Å². The topological polar surface area (TPSA) is 29.9 Å². The molecule has 17 heavy (non-hydrogen) atoms. The van der Waals surface area contributed by atoms with E-state index < -0.39 is 0 Å². The third-order valence-electron chi connectivity index (χ3n) is 2.58. The van der Waals surface area contributed by atoms with Gasteiger partial charge in [-0.25, -0.2) is 9.37 Å². The van der Waals surface area contributed by atoms with Gasteiger partial charge in [-0.15, -0.1) is 0 Å². The summed E-state index contributed by atoms with van der Waals surface area (Å²) in [5, 5.41) is 3.19. The summed E-state index contributed by atoms with van der Waals surface area (Å²) in [6.45, 7) is 6.52. The van der Waals surface area contributed by atoms with E-state index >= 15 is 0 Å². The molecule has 0 spiro atoms. The van der Waals surface area contributed by atoms with E-state index in [1.54, 1.807) is 13.0 Å². The smallest absolute Gasteiger partial charge is 0.207 e. The number of benzene rings is 1. The number of halogens is 1. The van der Waals surface area contributed by atoms with Crippen LogP contribution in [0.3, 0.4) is 0 Å². The monoisotopic (exact) mass is 233 g/mol.